The zero-order chi connectivity index (χ0) is 19.4. The van der Waals surface area contributed by atoms with E-state index in [2.05, 4.69) is 60.1 Å². The van der Waals surface area contributed by atoms with Crippen molar-refractivity contribution in [3.05, 3.63) is 65.0 Å². The number of pyridine rings is 1. The number of unbranched alkanes of at least 4 members (excludes halogenated alkanes) is 1. The first-order chi connectivity index (χ1) is 13.7. The molecule has 1 unspecified atom stereocenters. The van der Waals surface area contributed by atoms with Crippen LogP contribution in [0, 0.1) is 17.8 Å². The van der Waals surface area contributed by atoms with Crippen molar-refractivity contribution >= 4 is 0 Å². The second-order valence-electron chi connectivity index (χ2n) is 8.29. The average Bonchev–Trinajstić information content (AvgIpc) is 2.73. The van der Waals surface area contributed by atoms with Crippen LogP contribution in [0.2, 0.25) is 0 Å². The van der Waals surface area contributed by atoms with Crippen LogP contribution in [0.25, 0.3) is 0 Å². The van der Waals surface area contributed by atoms with E-state index in [-0.39, 0.29) is 0 Å². The van der Waals surface area contributed by atoms with Crippen LogP contribution < -0.4 is 0 Å². The lowest BCUT2D eigenvalue weighted by atomic mass is 9.75. The molecule has 1 aromatic carbocycles. The van der Waals surface area contributed by atoms with Crippen molar-refractivity contribution in [2.75, 3.05) is 19.6 Å². The third-order valence-electron chi connectivity index (χ3n) is 6.17. The summed E-state index contributed by atoms with van der Waals surface area (Å²) in [7, 11) is 0. The number of piperidine rings is 3. The molecule has 3 heteroatoms. The number of aliphatic hydroxyl groups is 1. The quantitative estimate of drug-likeness (QED) is 0.808. The van der Waals surface area contributed by atoms with Gasteiger partial charge >= 0.3 is 0 Å². The molecule has 28 heavy (non-hydrogen) atoms. The molecule has 2 bridgehead atoms. The predicted molar refractivity (Wildman–Crippen MR) is 113 cm³/mol. The summed E-state index contributed by atoms with van der Waals surface area (Å²) >= 11 is 0. The van der Waals surface area contributed by atoms with Crippen LogP contribution in [0.15, 0.2) is 42.5 Å². The molecule has 2 aromatic rings. The zero-order valence-electron chi connectivity index (χ0n) is 16.8. The SMILES string of the molecule is CCCCc1ccc(C#CC2(O)CN3CCC2CC3)c(Cc2ccccc2)n1. The van der Waals surface area contributed by atoms with Gasteiger partial charge < -0.3 is 5.11 Å². The molecule has 146 valence electrons. The minimum absolute atomic E-state index is 0.305. The van der Waals surface area contributed by atoms with Gasteiger partial charge in [0, 0.05) is 30.1 Å². The molecule has 1 aromatic heterocycles. The number of nitrogens with zero attached hydrogens (tertiary/aromatic N) is 2. The van der Waals surface area contributed by atoms with E-state index in [0.717, 1.165) is 62.1 Å². The summed E-state index contributed by atoms with van der Waals surface area (Å²) in [5.74, 6) is 6.89. The van der Waals surface area contributed by atoms with Crippen LogP contribution in [0.3, 0.4) is 0 Å². The van der Waals surface area contributed by atoms with Crippen LogP contribution in [0.5, 0.6) is 0 Å². The maximum absolute atomic E-state index is 11.1. The molecule has 3 fully saturated rings. The molecular formula is C25H30N2O. The molecular weight excluding hydrogens is 344 g/mol. The predicted octanol–water partition coefficient (Wildman–Crippen LogP) is 3.82. The Morgan fingerprint density at radius 1 is 1.14 bits per heavy atom. The molecule has 0 amide bonds. The number of aryl methyl sites for hydroxylation is 1. The monoisotopic (exact) mass is 374 g/mol. The van der Waals surface area contributed by atoms with Gasteiger partial charge in [0.1, 0.15) is 5.60 Å². The second-order valence-corrected chi connectivity index (χ2v) is 8.29. The smallest absolute Gasteiger partial charge is 0.141 e. The number of aromatic nitrogens is 1. The topological polar surface area (TPSA) is 36.4 Å². The lowest BCUT2D eigenvalue weighted by Crippen LogP contribution is -2.58. The van der Waals surface area contributed by atoms with E-state index in [0.29, 0.717) is 12.5 Å². The molecule has 5 rings (SSSR count). The van der Waals surface area contributed by atoms with Gasteiger partial charge in [-0.1, -0.05) is 55.5 Å². The van der Waals surface area contributed by atoms with Crippen LogP contribution in [-0.4, -0.2) is 40.2 Å². The summed E-state index contributed by atoms with van der Waals surface area (Å²) in [5.41, 5.74) is 3.49. The number of benzene rings is 1. The van der Waals surface area contributed by atoms with Gasteiger partial charge in [-0.25, -0.2) is 0 Å². The number of hydrogen-bond donors (Lipinski definition) is 1. The summed E-state index contributed by atoms with van der Waals surface area (Å²) in [5, 5.41) is 11.1. The molecule has 3 aliphatic rings. The molecule has 0 spiro atoms. The van der Waals surface area contributed by atoms with E-state index in [1.807, 2.05) is 6.07 Å². The fourth-order valence-corrected chi connectivity index (χ4v) is 4.44. The van der Waals surface area contributed by atoms with Gasteiger partial charge in [-0.15, -0.1) is 0 Å². The molecule has 3 saturated heterocycles. The fourth-order valence-electron chi connectivity index (χ4n) is 4.44. The first-order valence-corrected chi connectivity index (χ1v) is 10.7. The first-order valence-electron chi connectivity index (χ1n) is 10.7. The van der Waals surface area contributed by atoms with Crippen molar-refractivity contribution in [3.8, 4) is 11.8 Å². The Bertz CT molecular complexity index is 859. The minimum Gasteiger partial charge on any atom is -0.376 e. The van der Waals surface area contributed by atoms with Crippen LogP contribution in [-0.2, 0) is 12.8 Å². The molecule has 0 aliphatic carbocycles. The lowest BCUT2D eigenvalue weighted by Gasteiger charge is -2.47. The Morgan fingerprint density at radius 3 is 2.61 bits per heavy atom. The van der Waals surface area contributed by atoms with Gasteiger partial charge in [-0.2, -0.15) is 0 Å². The van der Waals surface area contributed by atoms with E-state index in [4.69, 9.17) is 4.98 Å². The number of fused-ring (bicyclic) bond motifs is 3. The van der Waals surface area contributed by atoms with E-state index in [1.165, 1.54) is 12.0 Å². The Hall–Kier alpha value is -2.15. The highest BCUT2D eigenvalue weighted by molar-refractivity contribution is 5.43. The number of hydrogen-bond acceptors (Lipinski definition) is 3. The van der Waals surface area contributed by atoms with E-state index in [1.54, 1.807) is 0 Å². The van der Waals surface area contributed by atoms with Crippen molar-refractivity contribution < 1.29 is 5.11 Å². The van der Waals surface area contributed by atoms with Crippen molar-refractivity contribution in [1.29, 1.82) is 0 Å². The van der Waals surface area contributed by atoms with Gasteiger partial charge in [-0.3, -0.25) is 9.88 Å². The highest BCUT2D eigenvalue weighted by Gasteiger charge is 2.44. The third-order valence-corrected chi connectivity index (χ3v) is 6.17. The Balaban J connectivity index is 1.62. The van der Waals surface area contributed by atoms with Gasteiger partial charge in [0.05, 0.1) is 5.69 Å². The first kappa shape index (κ1) is 19.2. The van der Waals surface area contributed by atoms with Crippen molar-refractivity contribution in [2.24, 2.45) is 5.92 Å². The summed E-state index contributed by atoms with van der Waals surface area (Å²) < 4.78 is 0. The zero-order valence-corrected chi connectivity index (χ0v) is 16.8. The Kier molecular flexibility index (Phi) is 5.80. The van der Waals surface area contributed by atoms with Gasteiger partial charge in [0.2, 0.25) is 0 Å². The molecule has 3 aliphatic heterocycles. The van der Waals surface area contributed by atoms with Crippen molar-refractivity contribution in [3.63, 3.8) is 0 Å². The minimum atomic E-state index is -0.874. The largest absolute Gasteiger partial charge is 0.376 e. The van der Waals surface area contributed by atoms with E-state index < -0.39 is 5.60 Å². The van der Waals surface area contributed by atoms with Gasteiger partial charge in [-0.05, 0) is 56.5 Å². The third kappa shape index (κ3) is 4.29. The maximum atomic E-state index is 11.1. The Morgan fingerprint density at radius 2 is 1.93 bits per heavy atom. The standard InChI is InChI=1S/C25H30N2O/c1-2-3-9-23-11-10-21(24(26-23)18-20-7-5-4-6-8-20)12-15-25(28)19-27-16-13-22(25)14-17-27/h4-8,10-11,22,28H,2-3,9,13-14,16-19H2,1H3. The highest BCUT2D eigenvalue weighted by atomic mass is 16.3. The summed E-state index contributed by atoms with van der Waals surface area (Å²) in [4.78, 5) is 7.28. The number of rotatable bonds is 5. The summed E-state index contributed by atoms with van der Waals surface area (Å²) in [6, 6.07) is 14.7. The average molecular weight is 375 g/mol. The van der Waals surface area contributed by atoms with Crippen LogP contribution in [0.1, 0.15) is 55.1 Å². The lowest BCUT2D eigenvalue weighted by molar-refractivity contribution is -0.0713. The molecule has 1 N–H and O–H groups in total. The summed E-state index contributed by atoms with van der Waals surface area (Å²) in [6.07, 6.45) is 6.21. The van der Waals surface area contributed by atoms with E-state index >= 15 is 0 Å². The molecule has 0 radical (unpaired) electrons. The van der Waals surface area contributed by atoms with Gasteiger partial charge in [0.15, 0.2) is 0 Å². The fraction of sp³-hybridized carbons (Fsp3) is 0.480. The van der Waals surface area contributed by atoms with Crippen molar-refractivity contribution in [2.45, 2.75) is 51.0 Å². The highest BCUT2D eigenvalue weighted by Crippen LogP contribution is 2.35. The maximum Gasteiger partial charge on any atom is 0.141 e. The van der Waals surface area contributed by atoms with Crippen LogP contribution in [0.4, 0.5) is 0 Å². The molecule has 1 atom stereocenters. The van der Waals surface area contributed by atoms with Crippen molar-refractivity contribution in [1.82, 2.24) is 9.88 Å². The van der Waals surface area contributed by atoms with E-state index in [9.17, 15) is 5.11 Å². The Labute approximate surface area is 168 Å². The summed E-state index contributed by atoms with van der Waals surface area (Å²) in [6.45, 7) is 5.09. The van der Waals surface area contributed by atoms with Crippen LogP contribution >= 0.6 is 0 Å². The normalized spacial score (nSPS) is 25.9. The molecule has 3 nitrogen and oxygen atoms in total. The molecule has 4 heterocycles. The molecule has 0 saturated carbocycles. The van der Waals surface area contributed by atoms with Gasteiger partial charge in [0.25, 0.3) is 0 Å². The second kappa shape index (κ2) is 8.47.